The molecule has 1 spiro atoms. The molecule has 7 heteroatoms. The summed E-state index contributed by atoms with van der Waals surface area (Å²) >= 11 is 0. The maximum atomic E-state index is 13.1. The van der Waals surface area contributed by atoms with Gasteiger partial charge in [-0.1, -0.05) is 6.07 Å². The van der Waals surface area contributed by atoms with Gasteiger partial charge in [-0.2, -0.15) is 0 Å². The number of piperidine rings is 1. The molecule has 3 fully saturated rings. The number of hydrogen-bond donors (Lipinski definition) is 0. The van der Waals surface area contributed by atoms with E-state index < -0.39 is 0 Å². The zero-order valence-corrected chi connectivity index (χ0v) is 17.4. The number of ether oxygens (including phenoxy) is 1. The van der Waals surface area contributed by atoms with Gasteiger partial charge < -0.3 is 19.4 Å². The maximum absolute atomic E-state index is 13.1. The van der Waals surface area contributed by atoms with Crippen molar-refractivity contribution in [3.8, 4) is 5.75 Å². The fraction of sp³-hybridized carbons (Fsp3) is 0.591. The van der Waals surface area contributed by atoms with Gasteiger partial charge in [-0.25, -0.2) is 0 Å². The highest BCUT2D eigenvalue weighted by atomic mass is 16.5. The number of hydrogen-bond acceptors (Lipinski definition) is 4. The van der Waals surface area contributed by atoms with Crippen LogP contribution in [0.25, 0.3) is 0 Å². The summed E-state index contributed by atoms with van der Waals surface area (Å²) < 4.78 is 5.24. The normalized spacial score (nSPS) is 25.5. The van der Waals surface area contributed by atoms with Crippen molar-refractivity contribution in [3.63, 3.8) is 0 Å². The van der Waals surface area contributed by atoms with Gasteiger partial charge >= 0.3 is 0 Å². The van der Waals surface area contributed by atoms with Crippen molar-refractivity contribution in [3.05, 3.63) is 29.8 Å². The van der Waals surface area contributed by atoms with E-state index in [1.807, 2.05) is 39.8 Å². The van der Waals surface area contributed by atoms with Crippen LogP contribution >= 0.6 is 0 Å². The molecule has 3 saturated heterocycles. The number of rotatable bonds is 3. The monoisotopic (exact) mass is 399 g/mol. The zero-order valence-electron chi connectivity index (χ0n) is 17.4. The van der Waals surface area contributed by atoms with Crippen molar-refractivity contribution in [2.24, 2.45) is 11.8 Å². The topological polar surface area (TPSA) is 70.2 Å². The fourth-order valence-electron chi connectivity index (χ4n) is 5.62. The Morgan fingerprint density at radius 2 is 1.90 bits per heavy atom. The maximum Gasteiger partial charge on any atom is 0.253 e. The molecule has 1 aromatic carbocycles. The van der Waals surface area contributed by atoms with Crippen LogP contribution in [0, 0.1) is 11.8 Å². The standard InChI is InChI=1S/C22H29N3O4/c1-4-25-21(28)18-13-24(15(2)26)14-19(18)22(25)8-10-23(11-9-22)20(27)16-6-5-7-17(12-16)29-3/h5-7,12,18-19H,4,8-11,13-14H2,1-3H3/t18-,19+/m0/s1. The average Bonchev–Trinajstić information content (AvgIpc) is 3.27. The number of carbonyl (C=O) groups is 3. The second-order valence-corrected chi connectivity index (χ2v) is 8.35. The first-order valence-electron chi connectivity index (χ1n) is 10.4. The van der Waals surface area contributed by atoms with Gasteiger partial charge in [-0.15, -0.1) is 0 Å². The van der Waals surface area contributed by atoms with Gasteiger partial charge in [0.25, 0.3) is 5.91 Å². The highest BCUT2D eigenvalue weighted by molar-refractivity contribution is 5.94. The van der Waals surface area contributed by atoms with Crippen LogP contribution in [-0.4, -0.2) is 77.8 Å². The van der Waals surface area contributed by atoms with Crippen molar-refractivity contribution in [1.29, 1.82) is 0 Å². The van der Waals surface area contributed by atoms with Crippen LogP contribution in [0.15, 0.2) is 24.3 Å². The summed E-state index contributed by atoms with van der Waals surface area (Å²) in [6.07, 6.45) is 1.52. The van der Waals surface area contributed by atoms with E-state index >= 15 is 0 Å². The summed E-state index contributed by atoms with van der Waals surface area (Å²) in [5.74, 6) is 0.942. The van der Waals surface area contributed by atoms with E-state index in [1.54, 1.807) is 20.1 Å². The SMILES string of the molecule is CCN1C(=O)[C@H]2CN(C(C)=O)C[C@H]2C12CCN(C(=O)c1cccc(OC)c1)CC2. The first-order valence-corrected chi connectivity index (χ1v) is 10.4. The van der Waals surface area contributed by atoms with Gasteiger partial charge in [-0.05, 0) is 38.0 Å². The Morgan fingerprint density at radius 1 is 1.17 bits per heavy atom. The lowest BCUT2D eigenvalue weighted by molar-refractivity contribution is -0.136. The Morgan fingerprint density at radius 3 is 2.52 bits per heavy atom. The molecule has 0 N–H and O–H groups in total. The molecule has 0 bridgehead atoms. The van der Waals surface area contributed by atoms with Crippen LogP contribution in [0.4, 0.5) is 0 Å². The molecule has 3 aliphatic heterocycles. The van der Waals surface area contributed by atoms with Crippen molar-refractivity contribution in [2.75, 3.05) is 39.8 Å². The number of methoxy groups -OCH3 is 1. The molecule has 0 aliphatic carbocycles. The Hall–Kier alpha value is -2.57. The van der Waals surface area contributed by atoms with Gasteiger partial charge in [0, 0.05) is 51.1 Å². The molecule has 156 valence electrons. The van der Waals surface area contributed by atoms with E-state index in [9.17, 15) is 14.4 Å². The van der Waals surface area contributed by atoms with Crippen LogP contribution < -0.4 is 4.74 Å². The Bertz CT molecular complexity index is 831. The van der Waals surface area contributed by atoms with E-state index in [0.29, 0.717) is 44.0 Å². The van der Waals surface area contributed by atoms with Crippen LogP contribution in [-0.2, 0) is 9.59 Å². The molecule has 1 aromatic rings. The van der Waals surface area contributed by atoms with E-state index in [4.69, 9.17) is 4.74 Å². The fourth-order valence-corrected chi connectivity index (χ4v) is 5.62. The third-order valence-corrected chi connectivity index (χ3v) is 7.13. The molecule has 2 atom stereocenters. The van der Waals surface area contributed by atoms with Crippen LogP contribution in [0.5, 0.6) is 5.75 Å². The second-order valence-electron chi connectivity index (χ2n) is 8.35. The minimum atomic E-state index is -0.244. The minimum Gasteiger partial charge on any atom is -0.497 e. The van der Waals surface area contributed by atoms with Gasteiger partial charge in [0.1, 0.15) is 5.75 Å². The Labute approximate surface area is 171 Å². The lowest BCUT2D eigenvalue weighted by Crippen LogP contribution is -2.58. The lowest BCUT2D eigenvalue weighted by Gasteiger charge is -2.47. The summed E-state index contributed by atoms with van der Waals surface area (Å²) in [6, 6.07) is 7.23. The quantitative estimate of drug-likeness (QED) is 0.775. The Kier molecular flexibility index (Phi) is 5.00. The van der Waals surface area contributed by atoms with Crippen LogP contribution in [0.1, 0.15) is 37.0 Å². The third kappa shape index (κ3) is 3.07. The van der Waals surface area contributed by atoms with Crippen LogP contribution in [0.3, 0.4) is 0 Å². The molecule has 0 radical (unpaired) electrons. The smallest absolute Gasteiger partial charge is 0.253 e. The second kappa shape index (κ2) is 7.35. The predicted molar refractivity (Wildman–Crippen MR) is 107 cm³/mol. The molecule has 7 nitrogen and oxygen atoms in total. The average molecular weight is 399 g/mol. The van der Waals surface area contributed by atoms with E-state index in [-0.39, 0.29) is 35.1 Å². The summed E-state index contributed by atoms with van der Waals surface area (Å²) in [4.78, 5) is 43.7. The molecule has 3 heterocycles. The molecule has 29 heavy (non-hydrogen) atoms. The zero-order chi connectivity index (χ0) is 20.8. The summed E-state index contributed by atoms with van der Waals surface area (Å²) in [5, 5.41) is 0. The highest BCUT2D eigenvalue weighted by Gasteiger charge is 2.61. The van der Waals surface area contributed by atoms with E-state index in [1.165, 1.54) is 0 Å². The highest BCUT2D eigenvalue weighted by Crippen LogP contribution is 2.49. The van der Waals surface area contributed by atoms with E-state index in [2.05, 4.69) is 0 Å². The predicted octanol–water partition coefficient (Wildman–Crippen LogP) is 1.63. The molecule has 0 unspecified atom stereocenters. The summed E-state index contributed by atoms with van der Waals surface area (Å²) in [7, 11) is 1.59. The van der Waals surface area contributed by atoms with Crippen molar-refractivity contribution >= 4 is 17.7 Å². The summed E-state index contributed by atoms with van der Waals surface area (Å²) in [6.45, 7) is 6.68. The number of likely N-dealkylation sites (tertiary alicyclic amines) is 3. The third-order valence-electron chi connectivity index (χ3n) is 7.13. The minimum absolute atomic E-state index is 0.000503. The molecular formula is C22H29N3O4. The van der Waals surface area contributed by atoms with Crippen molar-refractivity contribution in [2.45, 2.75) is 32.2 Å². The number of nitrogens with zero attached hydrogens (tertiary/aromatic N) is 3. The van der Waals surface area contributed by atoms with Gasteiger partial charge in [0.05, 0.1) is 18.6 Å². The van der Waals surface area contributed by atoms with Gasteiger partial charge in [0.15, 0.2) is 0 Å². The Balaban J connectivity index is 1.52. The molecule has 3 aliphatic rings. The van der Waals surface area contributed by atoms with Crippen LogP contribution in [0.2, 0.25) is 0 Å². The van der Waals surface area contributed by atoms with Gasteiger partial charge in [0.2, 0.25) is 11.8 Å². The number of benzene rings is 1. The first-order chi connectivity index (χ1) is 13.9. The molecule has 4 rings (SSSR count). The largest absolute Gasteiger partial charge is 0.497 e. The van der Waals surface area contributed by atoms with Crippen molar-refractivity contribution in [1.82, 2.24) is 14.7 Å². The lowest BCUT2D eigenvalue weighted by atomic mass is 9.74. The molecule has 3 amide bonds. The first kappa shape index (κ1) is 19.7. The number of carbonyl (C=O) groups excluding carboxylic acids is 3. The van der Waals surface area contributed by atoms with Crippen molar-refractivity contribution < 1.29 is 19.1 Å². The molecule has 0 aromatic heterocycles. The van der Waals surface area contributed by atoms with E-state index in [0.717, 1.165) is 12.8 Å². The number of amides is 3. The summed E-state index contributed by atoms with van der Waals surface area (Å²) in [5.41, 5.74) is 0.378. The molecule has 0 saturated carbocycles. The molecular weight excluding hydrogens is 370 g/mol. The van der Waals surface area contributed by atoms with Gasteiger partial charge in [-0.3, -0.25) is 14.4 Å². The number of fused-ring (bicyclic) bond motifs is 2.